The van der Waals surface area contributed by atoms with E-state index < -0.39 is 12.2 Å². The molecule has 1 aliphatic rings. The van der Waals surface area contributed by atoms with Crippen molar-refractivity contribution in [1.29, 1.82) is 0 Å². The van der Waals surface area contributed by atoms with Crippen molar-refractivity contribution in [3.8, 4) is 0 Å². The van der Waals surface area contributed by atoms with Gasteiger partial charge in [-0.05, 0) is 12.8 Å². The summed E-state index contributed by atoms with van der Waals surface area (Å²) in [7, 11) is 3.28. The van der Waals surface area contributed by atoms with Crippen molar-refractivity contribution in [1.82, 2.24) is 10.2 Å². The summed E-state index contributed by atoms with van der Waals surface area (Å²) in [4.78, 5) is 24.0. The molecule has 1 fully saturated rings. The highest BCUT2D eigenvalue weighted by atomic mass is 16.5. The first kappa shape index (κ1) is 14.7. The Hall–Kier alpha value is -1.34. The van der Waals surface area contributed by atoms with Gasteiger partial charge in [-0.15, -0.1) is 0 Å². The van der Waals surface area contributed by atoms with Crippen LogP contribution in [0.15, 0.2) is 0 Å². The largest absolute Gasteiger partial charge is 0.465 e. The van der Waals surface area contributed by atoms with Crippen molar-refractivity contribution < 1.29 is 24.2 Å². The molecule has 7 nitrogen and oxygen atoms in total. The maximum atomic E-state index is 11.9. The molecule has 1 rings (SSSR count). The van der Waals surface area contributed by atoms with Crippen molar-refractivity contribution in [2.45, 2.75) is 25.0 Å². The van der Waals surface area contributed by atoms with Crippen molar-refractivity contribution in [3.63, 3.8) is 0 Å². The van der Waals surface area contributed by atoms with Gasteiger partial charge in [-0.2, -0.15) is 0 Å². The number of nitrogens with zero attached hydrogens (tertiary/aromatic N) is 1. The molecule has 7 heteroatoms. The van der Waals surface area contributed by atoms with Gasteiger partial charge in [0.2, 0.25) is 0 Å². The van der Waals surface area contributed by atoms with Crippen LogP contribution in [-0.4, -0.2) is 68.1 Å². The lowest BCUT2D eigenvalue weighted by Crippen LogP contribution is -2.47. The zero-order chi connectivity index (χ0) is 13.5. The summed E-state index contributed by atoms with van der Waals surface area (Å²) in [6, 6.07) is -0.226. The van der Waals surface area contributed by atoms with Crippen LogP contribution in [0.3, 0.4) is 0 Å². The Balaban J connectivity index is 2.33. The number of nitrogens with one attached hydrogen (secondary N) is 1. The van der Waals surface area contributed by atoms with Gasteiger partial charge in [0.1, 0.15) is 6.10 Å². The van der Waals surface area contributed by atoms with E-state index in [1.54, 1.807) is 19.1 Å². The lowest BCUT2D eigenvalue weighted by atomic mass is 10.0. The third-order valence-electron chi connectivity index (χ3n) is 2.89. The first-order valence-corrected chi connectivity index (χ1v) is 5.89. The molecule has 0 unspecified atom stereocenters. The first-order valence-electron chi connectivity index (χ1n) is 5.89. The smallest absolute Gasteiger partial charge is 0.404 e. The third-order valence-corrected chi connectivity index (χ3v) is 2.89. The highest BCUT2D eigenvalue weighted by Crippen LogP contribution is 2.15. The molecule has 0 radical (unpaired) electrons. The van der Waals surface area contributed by atoms with Crippen LogP contribution < -0.4 is 5.32 Å². The summed E-state index contributed by atoms with van der Waals surface area (Å²) in [5, 5.41) is 10.9. The average Bonchev–Trinajstić information content (AvgIpc) is 2.35. The van der Waals surface area contributed by atoms with Crippen molar-refractivity contribution in [2.75, 3.05) is 33.9 Å². The second-order valence-corrected chi connectivity index (χ2v) is 4.30. The third kappa shape index (κ3) is 4.50. The molecule has 0 aromatic heterocycles. The number of hydrogen-bond donors (Lipinski definition) is 2. The predicted octanol–water partition coefficient (Wildman–Crippen LogP) is -0.0936. The van der Waals surface area contributed by atoms with Gasteiger partial charge in [0.05, 0.1) is 19.3 Å². The standard InChI is InChI=1S/C11H20N2O5/c1-13(5-6-17-2)10(14)9-4-3-8(7-18-9)12-11(15)16/h8-9,12H,3-7H2,1-2H3,(H,15,16)/t8-,9+/m1/s1. The second kappa shape index (κ2) is 7.17. The minimum absolute atomic E-state index is 0.0826. The van der Waals surface area contributed by atoms with E-state index in [0.29, 0.717) is 26.0 Å². The van der Waals surface area contributed by atoms with E-state index in [-0.39, 0.29) is 18.6 Å². The fraction of sp³-hybridized carbons (Fsp3) is 0.818. The molecule has 2 N–H and O–H groups in total. The van der Waals surface area contributed by atoms with Crippen LogP contribution in [0.5, 0.6) is 0 Å². The summed E-state index contributed by atoms with van der Waals surface area (Å²) >= 11 is 0. The molecule has 0 spiro atoms. The molecule has 18 heavy (non-hydrogen) atoms. The van der Waals surface area contributed by atoms with Crippen LogP contribution >= 0.6 is 0 Å². The summed E-state index contributed by atoms with van der Waals surface area (Å²) in [6.07, 6.45) is -0.397. The molecular weight excluding hydrogens is 240 g/mol. The van der Waals surface area contributed by atoms with Crippen LogP contribution in [-0.2, 0) is 14.3 Å². The van der Waals surface area contributed by atoms with Gasteiger partial charge in [-0.3, -0.25) is 4.79 Å². The molecule has 0 saturated carbocycles. The number of rotatable bonds is 5. The molecule has 2 amide bonds. The highest BCUT2D eigenvalue weighted by molar-refractivity contribution is 5.80. The van der Waals surface area contributed by atoms with Crippen LogP contribution in [0.4, 0.5) is 4.79 Å². The van der Waals surface area contributed by atoms with Crippen LogP contribution in [0.25, 0.3) is 0 Å². The van der Waals surface area contributed by atoms with Crippen LogP contribution in [0.2, 0.25) is 0 Å². The molecule has 0 aliphatic carbocycles. The minimum atomic E-state index is -1.06. The van der Waals surface area contributed by atoms with Gasteiger partial charge >= 0.3 is 6.09 Å². The molecule has 1 saturated heterocycles. The Labute approximate surface area is 106 Å². The van der Waals surface area contributed by atoms with E-state index >= 15 is 0 Å². The van der Waals surface area contributed by atoms with E-state index in [9.17, 15) is 9.59 Å². The Morgan fingerprint density at radius 1 is 1.50 bits per heavy atom. The number of hydrogen-bond acceptors (Lipinski definition) is 4. The van der Waals surface area contributed by atoms with E-state index in [1.807, 2.05) is 0 Å². The summed E-state index contributed by atoms with van der Waals surface area (Å²) in [5.41, 5.74) is 0. The monoisotopic (exact) mass is 260 g/mol. The number of ether oxygens (including phenoxy) is 2. The molecule has 0 bridgehead atoms. The van der Waals surface area contributed by atoms with Gasteiger partial charge in [-0.1, -0.05) is 0 Å². The maximum absolute atomic E-state index is 11.9. The summed E-state index contributed by atoms with van der Waals surface area (Å²) in [6.45, 7) is 1.24. The number of carbonyl (C=O) groups excluding carboxylic acids is 1. The van der Waals surface area contributed by atoms with Crippen LogP contribution in [0, 0.1) is 0 Å². The van der Waals surface area contributed by atoms with Gasteiger partial charge in [-0.25, -0.2) is 4.79 Å². The first-order chi connectivity index (χ1) is 8.54. The number of methoxy groups -OCH3 is 1. The van der Waals surface area contributed by atoms with E-state index in [1.165, 1.54) is 0 Å². The Bertz CT molecular complexity index is 289. The lowest BCUT2D eigenvalue weighted by molar-refractivity contribution is -0.146. The topological polar surface area (TPSA) is 88.1 Å². The number of carboxylic acid groups (broad SMARTS) is 1. The molecule has 104 valence electrons. The number of likely N-dealkylation sites (N-methyl/N-ethyl adjacent to an activating group) is 1. The lowest BCUT2D eigenvalue weighted by Gasteiger charge is -2.30. The predicted molar refractivity (Wildman–Crippen MR) is 63.4 cm³/mol. The maximum Gasteiger partial charge on any atom is 0.404 e. The molecule has 0 aromatic rings. The van der Waals surface area contributed by atoms with Crippen molar-refractivity contribution in [3.05, 3.63) is 0 Å². The summed E-state index contributed by atoms with van der Waals surface area (Å²) in [5.74, 6) is -0.0826. The molecule has 1 heterocycles. The highest BCUT2D eigenvalue weighted by Gasteiger charge is 2.29. The fourth-order valence-corrected chi connectivity index (χ4v) is 1.82. The van der Waals surface area contributed by atoms with Gasteiger partial charge < -0.3 is 24.8 Å². The fourth-order valence-electron chi connectivity index (χ4n) is 1.82. The Kier molecular flexibility index (Phi) is 5.87. The van der Waals surface area contributed by atoms with Crippen LogP contribution in [0.1, 0.15) is 12.8 Å². The normalized spacial score (nSPS) is 23.4. The zero-order valence-corrected chi connectivity index (χ0v) is 10.7. The molecular formula is C11H20N2O5. The number of carbonyl (C=O) groups is 2. The second-order valence-electron chi connectivity index (χ2n) is 4.30. The zero-order valence-electron chi connectivity index (χ0n) is 10.7. The van der Waals surface area contributed by atoms with Crippen molar-refractivity contribution in [2.24, 2.45) is 0 Å². The molecule has 1 aliphatic heterocycles. The SMILES string of the molecule is COCCN(C)C(=O)[C@@H]1CC[C@@H](NC(=O)O)CO1. The van der Waals surface area contributed by atoms with Gasteiger partial charge in [0, 0.05) is 20.7 Å². The number of amides is 2. The molecule has 0 aromatic carbocycles. The van der Waals surface area contributed by atoms with Gasteiger partial charge in [0.15, 0.2) is 0 Å². The van der Waals surface area contributed by atoms with Gasteiger partial charge in [0.25, 0.3) is 5.91 Å². The van der Waals surface area contributed by atoms with E-state index in [0.717, 1.165) is 0 Å². The average molecular weight is 260 g/mol. The van der Waals surface area contributed by atoms with E-state index in [2.05, 4.69) is 5.32 Å². The Morgan fingerprint density at radius 2 is 2.22 bits per heavy atom. The quantitative estimate of drug-likeness (QED) is 0.721. The molecule has 2 atom stereocenters. The summed E-state index contributed by atoms with van der Waals surface area (Å²) < 4.78 is 10.3. The van der Waals surface area contributed by atoms with E-state index in [4.69, 9.17) is 14.6 Å². The Morgan fingerprint density at radius 3 is 2.72 bits per heavy atom. The minimum Gasteiger partial charge on any atom is -0.465 e. The van der Waals surface area contributed by atoms with Crippen molar-refractivity contribution >= 4 is 12.0 Å².